The summed E-state index contributed by atoms with van der Waals surface area (Å²) in [5.41, 5.74) is 2.26. The Hall–Kier alpha value is -0.960. The van der Waals surface area contributed by atoms with Gasteiger partial charge in [-0.3, -0.25) is 0 Å². The van der Waals surface area contributed by atoms with Gasteiger partial charge in [-0.1, -0.05) is 6.92 Å². The van der Waals surface area contributed by atoms with Crippen molar-refractivity contribution in [2.75, 3.05) is 7.05 Å². The van der Waals surface area contributed by atoms with E-state index in [1.165, 1.54) is 0 Å². The molecule has 0 spiro atoms. The third-order valence-corrected chi connectivity index (χ3v) is 1.79. The first-order chi connectivity index (χ1) is 5.77. The van der Waals surface area contributed by atoms with E-state index in [0.717, 1.165) is 30.0 Å². The van der Waals surface area contributed by atoms with Gasteiger partial charge in [0.2, 0.25) is 0 Å². The topological polar surface area (TPSA) is 37.8 Å². The van der Waals surface area contributed by atoms with Crippen LogP contribution in [0.1, 0.15) is 24.0 Å². The van der Waals surface area contributed by atoms with Crippen LogP contribution in [-0.4, -0.2) is 17.0 Å². The second-order valence-electron chi connectivity index (χ2n) is 2.80. The molecule has 1 aromatic heterocycles. The van der Waals surface area contributed by atoms with Crippen molar-refractivity contribution in [3.8, 4) is 0 Å². The maximum absolute atomic E-state index is 4.41. The number of nitrogens with one attached hydrogen (secondary N) is 1. The first kappa shape index (κ1) is 9.13. The number of rotatable bonds is 3. The Morgan fingerprint density at radius 1 is 1.50 bits per heavy atom. The van der Waals surface area contributed by atoms with Crippen LogP contribution in [0.25, 0.3) is 0 Å². The summed E-state index contributed by atoms with van der Waals surface area (Å²) < 4.78 is 0. The van der Waals surface area contributed by atoms with Crippen molar-refractivity contribution in [3.63, 3.8) is 0 Å². The largest absolute Gasteiger partial charge is 0.314 e. The number of hydrogen-bond acceptors (Lipinski definition) is 3. The highest BCUT2D eigenvalue weighted by molar-refractivity contribution is 5.15. The van der Waals surface area contributed by atoms with Gasteiger partial charge >= 0.3 is 0 Å². The molecule has 3 nitrogen and oxygen atoms in total. The molecule has 0 aliphatic carbocycles. The molecule has 1 heterocycles. The van der Waals surface area contributed by atoms with Gasteiger partial charge in [0.15, 0.2) is 0 Å². The summed E-state index contributed by atoms with van der Waals surface area (Å²) in [6.07, 6.45) is 2.79. The van der Waals surface area contributed by atoms with Crippen LogP contribution in [0.15, 0.2) is 6.20 Å². The normalized spacial score (nSPS) is 10.2. The second kappa shape index (κ2) is 4.16. The minimum Gasteiger partial charge on any atom is -0.314 e. The Morgan fingerprint density at radius 3 is 2.83 bits per heavy atom. The summed E-state index contributed by atoms with van der Waals surface area (Å²) in [6.45, 7) is 4.92. The smallest absolute Gasteiger partial charge is 0.128 e. The van der Waals surface area contributed by atoms with E-state index in [2.05, 4.69) is 22.2 Å². The Bertz CT molecular complexity index is 258. The molecule has 1 aromatic rings. The van der Waals surface area contributed by atoms with E-state index in [0.29, 0.717) is 0 Å². The standard InChI is InChI=1S/C9H15N3/c1-4-9-11-5-7(2)8(12-9)6-10-3/h5,10H,4,6H2,1-3H3. The molecule has 1 N–H and O–H groups in total. The van der Waals surface area contributed by atoms with Gasteiger partial charge in [-0.2, -0.15) is 0 Å². The van der Waals surface area contributed by atoms with Gasteiger partial charge in [0.25, 0.3) is 0 Å². The summed E-state index contributed by atoms with van der Waals surface area (Å²) in [7, 11) is 1.92. The molecule has 0 atom stereocenters. The summed E-state index contributed by atoms with van der Waals surface area (Å²) in [5, 5.41) is 3.09. The fourth-order valence-corrected chi connectivity index (χ4v) is 1.04. The molecule has 0 fully saturated rings. The molecule has 1 rings (SSSR count). The monoisotopic (exact) mass is 165 g/mol. The van der Waals surface area contributed by atoms with Gasteiger partial charge in [-0.05, 0) is 19.5 Å². The van der Waals surface area contributed by atoms with Crippen LogP contribution >= 0.6 is 0 Å². The maximum Gasteiger partial charge on any atom is 0.128 e. The fraction of sp³-hybridized carbons (Fsp3) is 0.556. The van der Waals surface area contributed by atoms with Gasteiger partial charge in [-0.25, -0.2) is 9.97 Å². The lowest BCUT2D eigenvalue weighted by atomic mass is 10.2. The third kappa shape index (κ3) is 2.01. The lowest BCUT2D eigenvalue weighted by molar-refractivity contribution is 0.760. The zero-order chi connectivity index (χ0) is 8.97. The molecule has 0 unspecified atom stereocenters. The molecule has 66 valence electrons. The van der Waals surface area contributed by atoms with E-state index in [1.54, 1.807) is 0 Å². The number of aromatic nitrogens is 2. The zero-order valence-corrected chi connectivity index (χ0v) is 7.89. The van der Waals surface area contributed by atoms with Gasteiger partial charge < -0.3 is 5.32 Å². The van der Waals surface area contributed by atoms with Crippen LogP contribution in [-0.2, 0) is 13.0 Å². The Balaban J connectivity index is 2.91. The minimum atomic E-state index is 0.821. The molecule has 12 heavy (non-hydrogen) atoms. The van der Waals surface area contributed by atoms with E-state index >= 15 is 0 Å². The Kier molecular flexibility index (Phi) is 3.17. The van der Waals surface area contributed by atoms with Crippen molar-refractivity contribution in [2.45, 2.75) is 26.8 Å². The molecule has 0 radical (unpaired) electrons. The summed E-state index contributed by atoms with van der Waals surface area (Å²) in [5.74, 6) is 0.922. The predicted octanol–water partition coefficient (Wildman–Crippen LogP) is 1.07. The first-order valence-corrected chi connectivity index (χ1v) is 4.24. The Labute approximate surface area is 73.2 Å². The van der Waals surface area contributed by atoms with Crippen molar-refractivity contribution < 1.29 is 0 Å². The molecule has 0 aliphatic rings. The molecular weight excluding hydrogens is 150 g/mol. The highest BCUT2D eigenvalue weighted by Crippen LogP contribution is 2.03. The lowest BCUT2D eigenvalue weighted by Gasteiger charge is -2.04. The minimum absolute atomic E-state index is 0.821. The van der Waals surface area contributed by atoms with E-state index in [-0.39, 0.29) is 0 Å². The summed E-state index contributed by atoms with van der Waals surface area (Å²) in [6, 6.07) is 0. The SMILES string of the molecule is CCc1ncc(C)c(CNC)n1. The Morgan fingerprint density at radius 2 is 2.25 bits per heavy atom. The molecular formula is C9H15N3. The molecule has 0 saturated carbocycles. The van der Waals surface area contributed by atoms with Gasteiger partial charge in [-0.15, -0.1) is 0 Å². The molecule has 0 amide bonds. The van der Waals surface area contributed by atoms with Crippen molar-refractivity contribution in [1.29, 1.82) is 0 Å². The molecule has 0 aromatic carbocycles. The third-order valence-electron chi connectivity index (χ3n) is 1.79. The number of aryl methyl sites for hydroxylation is 2. The van der Waals surface area contributed by atoms with Crippen LogP contribution in [0.5, 0.6) is 0 Å². The fourth-order valence-electron chi connectivity index (χ4n) is 1.04. The number of nitrogens with zero attached hydrogens (tertiary/aromatic N) is 2. The molecule has 0 bridgehead atoms. The van der Waals surface area contributed by atoms with Crippen LogP contribution in [0.3, 0.4) is 0 Å². The maximum atomic E-state index is 4.41. The van der Waals surface area contributed by atoms with Crippen molar-refractivity contribution >= 4 is 0 Å². The number of hydrogen-bond donors (Lipinski definition) is 1. The van der Waals surface area contributed by atoms with Gasteiger partial charge in [0, 0.05) is 19.2 Å². The summed E-state index contributed by atoms with van der Waals surface area (Å²) in [4.78, 5) is 8.61. The van der Waals surface area contributed by atoms with Crippen LogP contribution in [0.4, 0.5) is 0 Å². The molecule has 0 saturated heterocycles. The quantitative estimate of drug-likeness (QED) is 0.728. The van der Waals surface area contributed by atoms with Crippen LogP contribution in [0, 0.1) is 6.92 Å². The summed E-state index contributed by atoms with van der Waals surface area (Å²) >= 11 is 0. The van der Waals surface area contributed by atoms with E-state index < -0.39 is 0 Å². The average molecular weight is 165 g/mol. The molecule has 3 heteroatoms. The predicted molar refractivity (Wildman–Crippen MR) is 48.9 cm³/mol. The highest BCUT2D eigenvalue weighted by atomic mass is 14.9. The van der Waals surface area contributed by atoms with Crippen molar-refractivity contribution in [2.24, 2.45) is 0 Å². The lowest BCUT2D eigenvalue weighted by Crippen LogP contribution is -2.10. The van der Waals surface area contributed by atoms with E-state index in [4.69, 9.17) is 0 Å². The van der Waals surface area contributed by atoms with E-state index in [9.17, 15) is 0 Å². The van der Waals surface area contributed by atoms with Crippen LogP contribution < -0.4 is 5.32 Å². The van der Waals surface area contributed by atoms with Crippen molar-refractivity contribution in [1.82, 2.24) is 15.3 Å². The molecule has 0 aliphatic heterocycles. The van der Waals surface area contributed by atoms with Crippen LogP contribution in [0.2, 0.25) is 0 Å². The van der Waals surface area contributed by atoms with Gasteiger partial charge in [0.05, 0.1) is 5.69 Å². The second-order valence-corrected chi connectivity index (χ2v) is 2.80. The highest BCUT2D eigenvalue weighted by Gasteiger charge is 2.00. The first-order valence-electron chi connectivity index (χ1n) is 4.24. The van der Waals surface area contributed by atoms with Crippen molar-refractivity contribution in [3.05, 3.63) is 23.3 Å². The van der Waals surface area contributed by atoms with E-state index in [1.807, 2.05) is 20.2 Å². The van der Waals surface area contributed by atoms with Gasteiger partial charge in [0.1, 0.15) is 5.82 Å². The zero-order valence-electron chi connectivity index (χ0n) is 7.89. The average Bonchev–Trinajstić information content (AvgIpc) is 2.09.